The van der Waals surface area contributed by atoms with Crippen molar-refractivity contribution in [2.75, 3.05) is 0 Å². The molecule has 4 atom stereocenters. The molecule has 0 aromatic carbocycles. The van der Waals surface area contributed by atoms with Crippen LogP contribution < -0.4 is 5.32 Å². The summed E-state index contributed by atoms with van der Waals surface area (Å²) < 4.78 is 0. The predicted molar refractivity (Wildman–Crippen MR) is 86.9 cm³/mol. The summed E-state index contributed by atoms with van der Waals surface area (Å²) in [6.07, 6.45) is 2.00. The fraction of sp³-hybridized carbons (Fsp3) is 0.750. The van der Waals surface area contributed by atoms with Crippen molar-refractivity contribution in [2.24, 2.45) is 0 Å². The number of amides is 1. The summed E-state index contributed by atoms with van der Waals surface area (Å²) >= 11 is 0. The van der Waals surface area contributed by atoms with Gasteiger partial charge in [0, 0.05) is 0 Å². The van der Waals surface area contributed by atoms with E-state index in [9.17, 15) is 24.9 Å². The number of carbonyl (C=O) groups is 2. The Hall–Kier alpha value is -1.48. The number of carboxylic acids is 1. The fourth-order valence-corrected chi connectivity index (χ4v) is 2.03. The molecular weight excluding hydrogens is 318 g/mol. The van der Waals surface area contributed by atoms with E-state index in [0.717, 1.165) is 19.3 Å². The van der Waals surface area contributed by atoms with Crippen molar-refractivity contribution in [2.45, 2.75) is 76.3 Å². The Labute approximate surface area is 141 Å². The van der Waals surface area contributed by atoms with Crippen molar-refractivity contribution < 1.29 is 35.1 Å². The predicted octanol–water partition coefficient (Wildman–Crippen LogP) is -0.105. The van der Waals surface area contributed by atoms with Gasteiger partial charge in [0.2, 0.25) is 0 Å². The maximum atomic E-state index is 11.6. The summed E-state index contributed by atoms with van der Waals surface area (Å²) in [6.45, 7) is 2.15. The molecule has 24 heavy (non-hydrogen) atoms. The van der Waals surface area contributed by atoms with Crippen LogP contribution in [-0.2, 0) is 9.59 Å². The molecule has 8 heteroatoms. The minimum Gasteiger partial charge on any atom is -0.479 e. The van der Waals surface area contributed by atoms with Crippen molar-refractivity contribution in [1.29, 1.82) is 0 Å². The molecule has 0 heterocycles. The second kappa shape index (κ2) is 12.9. The zero-order valence-corrected chi connectivity index (χ0v) is 14.0. The van der Waals surface area contributed by atoms with Gasteiger partial charge in [-0.2, -0.15) is 0 Å². The summed E-state index contributed by atoms with van der Waals surface area (Å²) in [5, 5.41) is 48.2. The Morgan fingerprint density at radius 1 is 0.917 bits per heavy atom. The SMILES string of the molecule is CCCCCCCC/C=C/NC(=O)[C@@H](O)[C@H](O)[C@@H](O)[C@@H](O)C(=O)O. The highest BCUT2D eigenvalue weighted by atomic mass is 16.4. The first-order valence-corrected chi connectivity index (χ1v) is 8.23. The number of aliphatic hydroxyl groups excluding tert-OH is 4. The summed E-state index contributed by atoms with van der Waals surface area (Å²) in [4.78, 5) is 22.1. The van der Waals surface area contributed by atoms with Crippen molar-refractivity contribution in [3.8, 4) is 0 Å². The standard InChI is InChI=1S/C16H29NO7/c1-2-3-4-5-6-7-8-9-10-17-15(22)13(20)11(18)12(19)14(21)16(23)24/h9-14,18-21H,2-8H2,1H3,(H,17,22)(H,23,24)/b10-9+/t11-,12-,13+,14-/m1/s1. The first-order chi connectivity index (χ1) is 11.3. The third-order valence-electron chi connectivity index (χ3n) is 3.59. The van der Waals surface area contributed by atoms with Crippen molar-refractivity contribution in [3.05, 3.63) is 12.3 Å². The van der Waals surface area contributed by atoms with Gasteiger partial charge in [0.25, 0.3) is 5.91 Å². The van der Waals surface area contributed by atoms with Crippen molar-refractivity contribution in [3.63, 3.8) is 0 Å². The molecule has 0 radical (unpaired) electrons. The Kier molecular flexibility index (Phi) is 12.1. The third-order valence-corrected chi connectivity index (χ3v) is 3.59. The Morgan fingerprint density at radius 2 is 1.46 bits per heavy atom. The highest BCUT2D eigenvalue weighted by Crippen LogP contribution is 2.08. The van der Waals surface area contributed by atoms with E-state index in [-0.39, 0.29) is 0 Å². The molecule has 0 rings (SSSR count). The minimum absolute atomic E-state index is 0.755. The van der Waals surface area contributed by atoms with Gasteiger partial charge in [-0.25, -0.2) is 4.79 Å². The molecular formula is C16H29NO7. The molecule has 1 amide bonds. The van der Waals surface area contributed by atoms with E-state index >= 15 is 0 Å². The molecule has 0 aliphatic carbocycles. The second-order valence-electron chi connectivity index (χ2n) is 5.68. The normalized spacial score (nSPS) is 16.5. The second-order valence-corrected chi connectivity index (χ2v) is 5.68. The summed E-state index contributed by atoms with van der Waals surface area (Å²) in [7, 11) is 0. The molecule has 0 saturated carbocycles. The van der Waals surface area contributed by atoms with Crippen LogP contribution in [-0.4, -0.2) is 61.8 Å². The van der Waals surface area contributed by atoms with Gasteiger partial charge in [0.1, 0.15) is 12.2 Å². The van der Waals surface area contributed by atoms with Crippen LogP contribution >= 0.6 is 0 Å². The van der Waals surface area contributed by atoms with Crippen LogP contribution in [0.5, 0.6) is 0 Å². The molecule has 0 aliphatic heterocycles. The van der Waals surface area contributed by atoms with Crippen LogP contribution in [0.25, 0.3) is 0 Å². The first-order valence-electron chi connectivity index (χ1n) is 8.23. The lowest BCUT2D eigenvalue weighted by Crippen LogP contribution is -2.52. The van der Waals surface area contributed by atoms with Gasteiger partial charge in [-0.1, -0.05) is 45.1 Å². The third kappa shape index (κ3) is 8.97. The Balaban J connectivity index is 4.05. The zero-order valence-electron chi connectivity index (χ0n) is 14.0. The lowest BCUT2D eigenvalue weighted by Gasteiger charge is -2.23. The van der Waals surface area contributed by atoms with Crippen LogP contribution in [0.2, 0.25) is 0 Å². The van der Waals surface area contributed by atoms with Crippen LogP contribution in [0, 0.1) is 0 Å². The number of allylic oxidation sites excluding steroid dienone is 1. The number of carbonyl (C=O) groups excluding carboxylic acids is 1. The number of hydrogen-bond acceptors (Lipinski definition) is 6. The number of aliphatic hydroxyl groups is 4. The lowest BCUT2D eigenvalue weighted by atomic mass is 10.0. The molecule has 140 valence electrons. The number of unbranched alkanes of at least 4 members (excludes halogenated alkanes) is 6. The molecule has 0 saturated heterocycles. The molecule has 0 aromatic rings. The van der Waals surface area contributed by atoms with Gasteiger partial charge >= 0.3 is 5.97 Å². The van der Waals surface area contributed by atoms with Gasteiger partial charge in [-0.05, 0) is 19.0 Å². The number of rotatable bonds is 13. The monoisotopic (exact) mass is 347 g/mol. The highest BCUT2D eigenvalue weighted by Gasteiger charge is 2.37. The van der Waals surface area contributed by atoms with E-state index in [4.69, 9.17) is 10.2 Å². The Bertz CT molecular complexity index is 400. The molecule has 0 unspecified atom stereocenters. The van der Waals surface area contributed by atoms with Gasteiger partial charge in [-0.15, -0.1) is 0 Å². The fourth-order valence-electron chi connectivity index (χ4n) is 2.03. The molecule has 0 spiro atoms. The van der Waals surface area contributed by atoms with Gasteiger partial charge < -0.3 is 30.8 Å². The van der Waals surface area contributed by atoms with Gasteiger partial charge in [0.05, 0.1) is 0 Å². The Morgan fingerprint density at radius 3 is 2.04 bits per heavy atom. The average molecular weight is 347 g/mol. The van der Waals surface area contributed by atoms with Gasteiger partial charge in [-0.3, -0.25) is 4.79 Å². The lowest BCUT2D eigenvalue weighted by molar-refractivity contribution is -0.166. The molecule has 0 fully saturated rings. The van der Waals surface area contributed by atoms with E-state index in [2.05, 4.69) is 12.2 Å². The molecule has 8 nitrogen and oxygen atoms in total. The summed E-state index contributed by atoms with van der Waals surface area (Å²) in [5.41, 5.74) is 0. The average Bonchev–Trinajstić information content (AvgIpc) is 2.57. The van der Waals surface area contributed by atoms with Crippen LogP contribution in [0.4, 0.5) is 0 Å². The maximum absolute atomic E-state index is 11.6. The number of carboxylic acid groups (broad SMARTS) is 1. The van der Waals surface area contributed by atoms with E-state index in [1.165, 1.54) is 31.9 Å². The van der Waals surface area contributed by atoms with Crippen LogP contribution in [0.15, 0.2) is 12.3 Å². The quantitative estimate of drug-likeness (QED) is 0.255. The largest absolute Gasteiger partial charge is 0.479 e. The molecule has 0 aliphatic rings. The maximum Gasteiger partial charge on any atom is 0.335 e. The molecule has 0 bridgehead atoms. The van der Waals surface area contributed by atoms with E-state index in [1.54, 1.807) is 6.08 Å². The van der Waals surface area contributed by atoms with E-state index in [1.807, 2.05) is 0 Å². The van der Waals surface area contributed by atoms with Crippen LogP contribution in [0.3, 0.4) is 0 Å². The first kappa shape index (κ1) is 22.5. The van der Waals surface area contributed by atoms with Gasteiger partial charge in [0.15, 0.2) is 12.2 Å². The number of hydrogen-bond donors (Lipinski definition) is 6. The minimum atomic E-state index is -2.30. The van der Waals surface area contributed by atoms with Crippen LogP contribution in [0.1, 0.15) is 51.9 Å². The number of aliphatic carboxylic acids is 1. The topological polar surface area (TPSA) is 147 Å². The van der Waals surface area contributed by atoms with Crippen molar-refractivity contribution >= 4 is 11.9 Å². The van der Waals surface area contributed by atoms with Crippen molar-refractivity contribution in [1.82, 2.24) is 5.32 Å². The summed E-state index contributed by atoms with van der Waals surface area (Å²) in [5.74, 6) is -2.77. The summed E-state index contributed by atoms with van der Waals surface area (Å²) in [6, 6.07) is 0. The molecule has 6 N–H and O–H groups in total. The smallest absolute Gasteiger partial charge is 0.335 e. The number of nitrogens with one attached hydrogen (secondary N) is 1. The highest BCUT2D eigenvalue weighted by molar-refractivity contribution is 5.82. The zero-order chi connectivity index (χ0) is 18.5. The van der Waals surface area contributed by atoms with E-state index < -0.39 is 36.3 Å². The molecule has 0 aromatic heterocycles. The van der Waals surface area contributed by atoms with E-state index in [0.29, 0.717) is 0 Å².